The summed E-state index contributed by atoms with van der Waals surface area (Å²) in [4.78, 5) is 46.0. The Morgan fingerprint density at radius 1 is 0.534 bits per heavy atom. The first-order chi connectivity index (χ1) is 28.1. The van der Waals surface area contributed by atoms with Crippen LogP contribution in [0.4, 0.5) is 0 Å². The van der Waals surface area contributed by atoms with E-state index in [1.54, 1.807) is 0 Å². The SMILES string of the molecule is CCCCC/C=C\C/C=C\CCCCCCCCCCCC(=O)O[C@H](COC(=O)CCCCCCC/C=C\CCCCCCCC)COP(=O)(O)OC[C@H](N)C(=O)O. The highest BCUT2D eigenvalue weighted by Crippen LogP contribution is 2.43. The van der Waals surface area contributed by atoms with E-state index in [9.17, 15) is 23.8 Å². The summed E-state index contributed by atoms with van der Waals surface area (Å²) < 4.78 is 32.7. The van der Waals surface area contributed by atoms with Gasteiger partial charge in [0.05, 0.1) is 13.2 Å². The molecule has 0 heterocycles. The van der Waals surface area contributed by atoms with E-state index >= 15 is 0 Å². The van der Waals surface area contributed by atoms with E-state index in [-0.39, 0.29) is 19.4 Å². The van der Waals surface area contributed by atoms with Crippen molar-refractivity contribution in [2.75, 3.05) is 19.8 Å². The lowest BCUT2D eigenvalue weighted by atomic mass is 10.1. The number of carbonyl (C=O) groups is 3. The lowest BCUT2D eigenvalue weighted by Crippen LogP contribution is -2.34. The average molecular weight is 842 g/mol. The van der Waals surface area contributed by atoms with E-state index in [0.717, 1.165) is 70.6 Å². The molecule has 58 heavy (non-hydrogen) atoms. The van der Waals surface area contributed by atoms with Crippen molar-refractivity contribution in [1.82, 2.24) is 0 Å². The van der Waals surface area contributed by atoms with Gasteiger partial charge in [0.25, 0.3) is 0 Å². The first-order valence-corrected chi connectivity index (χ1v) is 24.5. The summed E-state index contributed by atoms with van der Waals surface area (Å²) in [5.74, 6) is -2.39. The topological polar surface area (TPSA) is 172 Å². The molecule has 0 saturated heterocycles. The molecule has 0 fully saturated rings. The quantitative estimate of drug-likeness (QED) is 0.0231. The van der Waals surface area contributed by atoms with Gasteiger partial charge in [-0.05, 0) is 70.6 Å². The zero-order valence-corrected chi connectivity index (χ0v) is 37.5. The van der Waals surface area contributed by atoms with Crippen LogP contribution in [0.15, 0.2) is 36.5 Å². The third-order valence-corrected chi connectivity index (χ3v) is 10.8. The van der Waals surface area contributed by atoms with Crippen LogP contribution < -0.4 is 5.73 Å². The molecule has 4 N–H and O–H groups in total. The smallest absolute Gasteiger partial charge is 0.472 e. The normalized spacial score (nSPS) is 14.0. The van der Waals surface area contributed by atoms with Crippen molar-refractivity contribution >= 4 is 25.7 Å². The molecule has 0 aromatic heterocycles. The zero-order valence-electron chi connectivity index (χ0n) is 36.6. The molecule has 0 bridgehead atoms. The zero-order chi connectivity index (χ0) is 42.8. The molecule has 11 nitrogen and oxygen atoms in total. The molecule has 0 amide bonds. The van der Waals surface area contributed by atoms with Crippen LogP contribution >= 0.6 is 7.82 Å². The number of phosphoric acid groups is 1. The minimum absolute atomic E-state index is 0.155. The molecular weight excluding hydrogens is 757 g/mol. The van der Waals surface area contributed by atoms with Gasteiger partial charge in [0, 0.05) is 12.8 Å². The highest BCUT2D eigenvalue weighted by Gasteiger charge is 2.28. The average Bonchev–Trinajstić information content (AvgIpc) is 3.20. The van der Waals surface area contributed by atoms with E-state index in [4.69, 9.17) is 24.8 Å². The second kappa shape index (κ2) is 41.4. The third-order valence-electron chi connectivity index (χ3n) is 9.86. The number of allylic oxidation sites excluding steroid dienone is 6. The van der Waals surface area contributed by atoms with E-state index in [1.165, 1.54) is 96.3 Å². The molecule has 0 saturated carbocycles. The van der Waals surface area contributed by atoms with Gasteiger partial charge >= 0.3 is 25.7 Å². The standard InChI is InChI=1S/C46H84NO10P/c1-3-5-7-9-11-13-15-17-19-20-21-22-24-26-28-30-32-34-36-38-45(49)57-42(40-55-58(52,53)56-41-43(47)46(50)51)39-54-44(48)37-35-33-31-29-27-25-23-18-16-14-12-10-8-6-4-2/h11,13,17-19,23,42-43H,3-10,12,14-16,20-22,24-41,47H2,1-2H3,(H,50,51)(H,52,53)/b13-11-,19-17-,23-18-/t42-,43+/m1/s1. The van der Waals surface area contributed by atoms with Crippen LogP contribution in [-0.2, 0) is 37.5 Å². The molecule has 0 rings (SSSR count). The molecule has 0 radical (unpaired) electrons. The van der Waals surface area contributed by atoms with Crippen LogP contribution in [0.1, 0.15) is 206 Å². The van der Waals surface area contributed by atoms with Crippen LogP contribution in [0.5, 0.6) is 0 Å². The Morgan fingerprint density at radius 3 is 1.40 bits per heavy atom. The fourth-order valence-corrected chi connectivity index (χ4v) is 6.99. The number of unbranched alkanes of at least 4 members (excludes halogenated alkanes) is 23. The van der Waals surface area contributed by atoms with Crippen LogP contribution in [0.2, 0.25) is 0 Å². The maximum Gasteiger partial charge on any atom is 0.472 e. The predicted octanol–water partition coefficient (Wildman–Crippen LogP) is 12.4. The number of nitrogens with two attached hydrogens (primary N) is 1. The van der Waals surface area contributed by atoms with Gasteiger partial charge in [0.1, 0.15) is 12.6 Å². The summed E-state index contributed by atoms with van der Waals surface area (Å²) in [5, 5.41) is 8.90. The number of carboxylic acids is 1. The van der Waals surface area contributed by atoms with Gasteiger partial charge in [0.15, 0.2) is 6.10 Å². The van der Waals surface area contributed by atoms with Gasteiger partial charge in [-0.1, -0.05) is 159 Å². The number of hydrogen-bond donors (Lipinski definition) is 3. The number of hydrogen-bond acceptors (Lipinski definition) is 9. The molecule has 0 aliphatic heterocycles. The van der Waals surface area contributed by atoms with E-state index in [2.05, 4.69) is 54.8 Å². The predicted molar refractivity (Wildman–Crippen MR) is 235 cm³/mol. The highest BCUT2D eigenvalue weighted by atomic mass is 31.2. The maximum absolute atomic E-state index is 12.6. The Kier molecular flexibility index (Phi) is 39.8. The van der Waals surface area contributed by atoms with Gasteiger partial charge < -0.3 is 25.2 Å². The van der Waals surface area contributed by atoms with Gasteiger partial charge in [-0.15, -0.1) is 0 Å². The van der Waals surface area contributed by atoms with Gasteiger partial charge in [-0.3, -0.25) is 23.4 Å². The van der Waals surface area contributed by atoms with Crippen molar-refractivity contribution in [1.29, 1.82) is 0 Å². The second-order valence-corrected chi connectivity index (χ2v) is 17.0. The number of aliphatic carboxylic acids is 1. The van der Waals surface area contributed by atoms with Crippen molar-refractivity contribution in [3.8, 4) is 0 Å². The van der Waals surface area contributed by atoms with Gasteiger partial charge in [0.2, 0.25) is 0 Å². The summed E-state index contributed by atoms with van der Waals surface area (Å²) in [6.45, 7) is 2.77. The number of esters is 2. The largest absolute Gasteiger partial charge is 0.480 e. The lowest BCUT2D eigenvalue weighted by Gasteiger charge is -2.20. The van der Waals surface area contributed by atoms with Gasteiger partial charge in [-0.2, -0.15) is 0 Å². The van der Waals surface area contributed by atoms with Crippen molar-refractivity contribution in [3.63, 3.8) is 0 Å². The van der Waals surface area contributed by atoms with Crippen molar-refractivity contribution in [2.24, 2.45) is 5.73 Å². The Morgan fingerprint density at radius 2 is 0.914 bits per heavy atom. The first-order valence-electron chi connectivity index (χ1n) is 23.0. The van der Waals surface area contributed by atoms with Crippen LogP contribution in [0.3, 0.4) is 0 Å². The van der Waals surface area contributed by atoms with E-state index in [0.29, 0.717) is 12.8 Å². The van der Waals surface area contributed by atoms with Crippen LogP contribution in [0, 0.1) is 0 Å². The highest BCUT2D eigenvalue weighted by molar-refractivity contribution is 7.47. The summed E-state index contributed by atoms with van der Waals surface area (Å²) in [6, 6.07) is -1.52. The van der Waals surface area contributed by atoms with Crippen molar-refractivity contribution in [2.45, 2.75) is 219 Å². The Hall–Kier alpha value is -2.30. The number of phosphoric ester groups is 1. The first kappa shape index (κ1) is 55.7. The Bertz CT molecular complexity index is 1130. The molecule has 0 aromatic rings. The summed E-state index contributed by atoms with van der Waals surface area (Å²) >= 11 is 0. The van der Waals surface area contributed by atoms with Crippen molar-refractivity contribution in [3.05, 3.63) is 36.5 Å². The molecule has 3 atom stereocenters. The monoisotopic (exact) mass is 842 g/mol. The Balaban J connectivity index is 4.33. The molecule has 0 aliphatic carbocycles. The molecular formula is C46H84NO10P. The second-order valence-electron chi connectivity index (χ2n) is 15.5. The van der Waals surface area contributed by atoms with E-state index in [1.807, 2.05) is 0 Å². The van der Waals surface area contributed by atoms with Gasteiger partial charge in [-0.25, -0.2) is 4.57 Å². The summed E-state index contributed by atoms with van der Waals surface area (Å²) in [6.07, 6.45) is 44.8. The van der Waals surface area contributed by atoms with E-state index < -0.39 is 51.1 Å². The fraction of sp³-hybridized carbons (Fsp3) is 0.804. The molecule has 0 aromatic carbocycles. The minimum Gasteiger partial charge on any atom is -0.480 e. The van der Waals surface area contributed by atoms with Crippen LogP contribution in [-0.4, -0.2) is 59.9 Å². The molecule has 338 valence electrons. The lowest BCUT2D eigenvalue weighted by molar-refractivity contribution is -0.161. The van der Waals surface area contributed by atoms with Crippen LogP contribution in [0.25, 0.3) is 0 Å². The molecule has 12 heteroatoms. The number of ether oxygens (including phenoxy) is 2. The molecule has 0 spiro atoms. The summed E-state index contributed by atoms with van der Waals surface area (Å²) in [7, 11) is -4.72. The molecule has 0 aliphatic rings. The number of carboxylic acid groups (broad SMARTS) is 1. The minimum atomic E-state index is -4.72. The number of carbonyl (C=O) groups excluding carboxylic acids is 2. The third kappa shape index (κ3) is 40.5. The number of rotatable bonds is 43. The van der Waals surface area contributed by atoms with Crippen molar-refractivity contribution < 1.29 is 47.5 Å². The fourth-order valence-electron chi connectivity index (χ4n) is 6.21. The molecule has 1 unspecified atom stereocenters. The Labute approximate surface area is 353 Å². The summed E-state index contributed by atoms with van der Waals surface area (Å²) in [5.41, 5.74) is 5.34. The maximum atomic E-state index is 12.6.